The van der Waals surface area contributed by atoms with Gasteiger partial charge in [-0.2, -0.15) is 0 Å². The Morgan fingerprint density at radius 1 is 1.04 bits per heavy atom. The lowest BCUT2D eigenvalue weighted by atomic mass is 10.0. The molecule has 1 amide bonds. The number of hydrogen-bond donors (Lipinski definition) is 1. The number of amides is 1. The predicted molar refractivity (Wildman–Crippen MR) is 103 cm³/mol. The second kappa shape index (κ2) is 7.84. The number of hydrogen-bond acceptors (Lipinski definition) is 2. The minimum absolute atomic E-state index is 0.0570. The molecule has 0 spiro atoms. The van der Waals surface area contributed by atoms with Crippen LogP contribution in [0.1, 0.15) is 24.0 Å². The second-order valence-corrected chi connectivity index (χ2v) is 6.23. The van der Waals surface area contributed by atoms with Gasteiger partial charge in [0.2, 0.25) is 5.91 Å². The van der Waals surface area contributed by atoms with E-state index in [1.807, 2.05) is 43.3 Å². The van der Waals surface area contributed by atoms with Crippen LogP contribution < -0.4 is 10.1 Å². The molecule has 0 aromatic heterocycles. The number of anilines is 1. The number of methoxy groups -OCH3 is 1. The van der Waals surface area contributed by atoms with E-state index >= 15 is 0 Å². The van der Waals surface area contributed by atoms with Crippen LogP contribution in [0, 0.1) is 6.92 Å². The molecular formula is C22H23NO2. The van der Waals surface area contributed by atoms with Crippen LogP contribution in [0.4, 0.5) is 5.69 Å². The molecular weight excluding hydrogens is 310 g/mol. The first-order chi connectivity index (χ1) is 12.2. The van der Waals surface area contributed by atoms with Crippen molar-refractivity contribution in [1.82, 2.24) is 0 Å². The molecule has 128 valence electrons. The van der Waals surface area contributed by atoms with Gasteiger partial charge in [-0.1, -0.05) is 48.5 Å². The van der Waals surface area contributed by atoms with Gasteiger partial charge in [0.15, 0.2) is 0 Å². The monoisotopic (exact) mass is 333 g/mol. The van der Waals surface area contributed by atoms with Crippen molar-refractivity contribution in [2.24, 2.45) is 0 Å². The molecule has 0 aliphatic carbocycles. The number of ether oxygens (including phenoxy) is 1. The zero-order chi connectivity index (χ0) is 17.6. The minimum atomic E-state index is 0.0570. The van der Waals surface area contributed by atoms with Gasteiger partial charge in [-0.3, -0.25) is 4.79 Å². The molecule has 0 saturated carbocycles. The van der Waals surface area contributed by atoms with Gasteiger partial charge in [-0.15, -0.1) is 0 Å². The van der Waals surface area contributed by atoms with E-state index < -0.39 is 0 Å². The summed E-state index contributed by atoms with van der Waals surface area (Å²) in [6.45, 7) is 2.04. The van der Waals surface area contributed by atoms with Crippen molar-refractivity contribution in [1.29, 1.82) is 0 Å². The second-order valence-electron chi connectivity index (χ2n) is 6.23. The third kappa shape index (κ3) is 4.18. The van der Waals surface area contributed by atoms with Crippen LogP contribution in [-0.2, 0) is 11.2 Å². The third-order valence-corrected chi connectivity index (χ3v) is 4.39. The zero-order valence-corrected chi connectivity index (χ0v) is 14.7. The van der Waals surface area contributed by atoms with E-state index in [-0.39, 0.29) is 5.91 Å². The highest BCUT2D eigenvalue weighted by molar-refractivity contribution is 6.02. The summed E-state index contributed by atoms with van der Waals surface area (Å²) in [5.41, 5.74) is 3.24. The van der Waals surface area contributed by atoms with Gasteiger partial charge >= 0.3 is 0 Å². The molecule has 1 N–H and O–H groups in total. The van der Waals surface area contributed by atoms with Crippen LogP contribution in [0.25, 0.3) is 10.8 Å². The van der Waals surface area contributed by atoms with Crippen molar-refractivity contribution in [2.75, 3.05) is 12.4 Å². The number of aryl methyl sites for hydroxylation is 2. The van der Waals surface area contributed by atoms with Gasteiger partial charge in [0.1, 0.15) is 5.75 Å². The Balaban J connectivity index is 1.57. The normalized spacial score (nSPS) is 10.6. The lowest BCUT2D eigenvalue weighted by molar-refractivity contribution is -0.116. The third-order valence-electron chi connectivity index (χ3n) is 4.39. The molecule has 3 aromatic carbocycles. The number of nitrogens with one attached hydrogen (secondary N) is 1. The molecule has 0 atom stereocenters. The van der Waals surface area contributed by atoms with Gasteiger partial charge in [-0.05, 0) is 48.4 Å². The maximum atomic E-state index is 12.3. The Kier molecular flexibility index (Phi) is 5.34. The summed E-state index contributed by atoms with van der Waals surface area (Å²) in [6, 6.07) is 20.2. The molecule has 3 aromatic rings. The first-order valence-corrected chi connectivity index (χ1v) is 8.58. The lowest BCUT2D eigenvalue weighted by Crippen LogP contribution is -2.11. The fourth-order valence-corrected chi connectivity index (χ4v) is 3.10. The molecule has 0 saturated heterocycles. The number of carbonyl (C=O) groups is 1. The lowest BCUT2D eigenvalue weighted by Gasteiger charge is -2.09. The standard InChI is InChI=1S/C22H23NO2/c1-16-15-17(13-14-21(16)25-2)7-5-12-22(24)23-20-11-6-9-18-8-3-4-10-19(18)20/h3-4,6,8-11,13-15H,5,7,12H2,1-2H3,(H,23,24). The average molecular weight is 333 g/mol. The highest BCUT2D eigenvalue weighted by atomic mass is 16.5. The van der Waals surface area contributed by atoms with Gasteiger partial charge in [0.25, 0.3) is 0 Å². The van der Waals surface area contributed by atoms with Gasteiger partial charge in [0.05, 0.1) is 7.11 Å². The van der Waals surface area contributed by atoms with Crippen molar-refractivity contribution in [3.63, 3.8) is 0 Å². The maximum Gasteiger partial charge on any atom is 0.224 e. The van der Waals surface area contributed by atoms with E-state index in [0.717, 1.165) is 40.6 Å². The first kappa shape index (κ1) is 17.0. The van der Waals surface area contributed by atoms with Crippen molar-refractivity contribution in [2.45, 2.75) is 26.2 Å². The molecule has 0 heterocycles. The Labute approximate surface area is 148 Å². The molecule has 0 aliphatic heterocycles. The van der Waals surface area contributed by atoms with E-state index in [1.54, 1.807) is 7.11 Å². The summed E-state index contributed by atoms with van der Waals surface area (Å²) in [5.74, 6) is 0.957. The van der Waals surface area contributed by atoms with E-state index in [9.17, 15) is 4.79 Å². The number of benzene rings is 3. The van der Waals surface area contributed by atoms with E-state index in [0.29, 0.717) is 6.42 Å². The van der Waals surface area contributed by atoms with E-state index in [2.05, 4.69) is 29.6 Å². The minimum Gasteiger partial charge on any atom is -0.496 e. The van der Waals surface area contributed by atoms with Crippen LogP contribution in [-0.4, -0.2) is 13.0 Å². The van der Waals surface area contributed by atoms with E-state index in [4.69, 9.17) is 4.74 Å². The molecule has 25 heavy (non-hydrogen) atoms. The molecule has 3 rings (SSSR count). The van der Waals surface area contributed by atoms with Crippen LogP contribution in [0.3, 0.4) is 0 Å². The Morgan fingerprint density at radius 2 is 1.84 bits per heavy atom. The number of fused-ring (bicyclic) bond motifs is 1. The molecule has 3 nitrogen and oxygen atoms in total. The molecule has 0 bridgehead atoms. The SMILES string of the molecule is COc1ccc(CCCC(=O)Nc2cccc3ccccc23)cc1C. The van der Waals surface area contributed by atoms with Crippen LogP contribution >= 0.6 is 0 Å². The Hall–Kier alpha value is -2.81. The maximum absolute atomic E-state index is 12.3. The van der Waals surface area contributed by atoms with Crippen molar-refractivity contribution in [3.05, 3.63) is 71.8 Å². The predicted octanol–water partition coefficient (Wildman–Crippen LogP) is 5.12. The van der Waals surface area contributed by atoms with Crippen molar-refractivity contribution >= 4 is 22.4 Å². The van der Waals surface area contributed by atoms with Crippen LogP contribution in [0.15, 0.2) is 60.7 Å². The number of carbonyl (C=O) groups excluding carboxylic acids is 1. The van der Waals surface area contributed by atoms with Crippen LogP contribution in [0.2, 0.25) is 0 Å². The number of rotatable bonds is 6. The average Bonchev–Trinajstić information content (AvgIpc) is 2.62. The van der Waals surface area contributed by atoms with Gasteiger partial charge in [-0.25, -0.2) is 0 Å². The summed E-state index contributed by atoms with van der Waals surface area (Å²) in [4.78, 5) is 12.3. The Bertz CT molecular complexity index is 881. The molecule has 0 fully saturated rings. The van der Waals surface area contributed by atoms with Crippen molar-refractivity contribution < 1.29 is 9.53 Å². The summed E-state index contributed by atoms with van der Waals surface area (Å²) in [7, 11) is 1.68. The highest BCUT2D eigenvalue weighted by Crippen LogP contribution is 2.23. The first-order valence-electron chi connectivity index (χ1n) is 8.58. The summed E-state index contributed by atoms with van der Waals surface area (Å²) >= 11 is 0. The highest BCUT2D eigenvalue weighted by Gasteiger charge is 2.06. The largest absolute Gasteiger partial charge is 0.496 e. The molecule has 0 aliphatic rings. The topological polar surface area (TPSA) is 38.3 Å². The smallest absolute Gasteiger partial charge is 0.224 e. The fourth-order valence-electron chi connectivity index (χ4n) is 3.10. The van der Waals surface area contributed by atoms with Gasteiger partial charge < -0.3 is 10.1 Å². The quantitative estimate of drug-likeness (QED) is 0.680. The molecule has 0 radical (unpaired) electrons. The summed E-state index contributed by atoms with van der Waals surface area (Å²) in [5, 5.41) is 5.25. The fraction of sp³-hybridized carbons (Fsp3) is 0.227. The van der Waals surface area contributed by atoms with Crippen molar-refractivity contribution in [3.8, 4) is 5.75 Å². The van der Waals surface area contributed by atoms with E-state index in [1.165, 1.54) is 5.56 Å². The molecule has 0 unspecified atom stereocenters. The Morgan fingerprint density at radius 3 is 2.64 bits per heavy atom. The molecule has 3 heteroatoms. The summed E-state index contributed by atoms with van der Waals surface area (Å²) < 4.78 is 5.28. The summed E-state index contributed by atoms with van der Waals surface area (Å²) in [6.07, 6.45) is 2.21. The van der Waals surface area contributed by atoms with Gasteiger partial charge in [0, 0.05) is 17.5 Å². The zero-order valence-electron chi connectivity index (χ0n) is 14.7. The van der Waals surface area contributed by atoms with Crippen LogP contribution in [0.5, 0.6) is 5.75 Å².